The number of anilines is 2. The van der Waals surface area contributed by atoms with Crippen molar-refractivity contribution in [3.63, 3.8) is 0 Å². The Morgan fingerprint density at radius 1 is 0.875 bits per heavy atom. The Hall–Kier alpha value is -3.77. The van der Waals surface area contributed by atoms with E-state index in [4.69, 9.17) is 11.6 Å². The second-order valence-electron chi connectivity index (χ2n) is 8.93. The van der Waals surface area contributed by atoms with Gasteiger partial charge in [-0.3, -0.25) is 14.5 Å². The Morgan fingerprint density at radius 3 is 2.20 bits per heavy atom. The molecule has 1 heterocycles. The molecule has 1 aromatic heterocycles. The molecular weight excluding hydrogens is 572 g/mol. The van der Waals surface area contributed by atoms with Crippen LogP contribution in [0.15, 0.2) is 101 Å². The topological polar surface area (TPSA) is 126 Å². The maximum atomic E-state index is 13.2. The molecule has 4 aromatic rings. The third kappa shape index (κ3) is 6.86. The number of hydrogen-bond acceptors (Lipinski definition) is 6. The molecule has 0 aliphatic heterocycles. The molecule has 0 bridgehead atoms. The van der Waals surface area contributed by atoms with Crippen molar-refractivity contribution in [2.24, 2.45) is 0 Å². The minimum atomic E-state index is -4.00. The highest BCUT2D eigenvalue weighted by atomic mass is 35.5. The molecule has 12 heteroatoms. The highest BCUT2D eigenvalue weighted by Gasteiger charge is 2.22. The minimum absolute atomic E-state index is 0.00620. The molecule has 2 N–H and O–H groups in total. The van der Waals surface area contributed by atoms with Crippen molar-refractivity contribution in [1.29, 1.82) is 0 Å². The summed E-state index contributed by atoms with van der Waals surface area (Å²) in [7, 11) is -6.26. The van der Waals surface area contributed by atoms with E-state index >= 15 is 0 Å². The average molecular weight is 599 g/mol. The Labute approximate surface area is 238 Å². The van der Waals surface area contributed by atoms with Gasteiger partial charge in [0.1, 0.15) is 0 Å². The number of pyridine rings is 1. The van der Waals surface area contributed by atoms with Gasteiger partial charge in [-0.2, -0.15) is 0 Å². The van der Waals surface area contributed by atoms with Crippen LogP contribution in [0.5, 0.6) is 0 Å². The standard InChI is InChI=1S/C28H27ClN4O5S2/c1-20-6-5-8-26(27(20)32-39(35,36)24-13-9-21(29)10-14-24)28(34)31-23-11-15-25(16-12-23)40(37,38)33(2)19-17-22-7-3-4-18-30-22/h3-16,18,32H,17,19H2,1-2H3,(H,31,34). The van der Waals surface area contributed by atoms with Crippen LogP contribution in [0.25, 0.3) is 0 Å². The van der Waals surface area contributed by atoms with Gasteiger partial charge < -0.3 is 5.32 Å². The van der Waals surface area contributed by atoms with Gasteiger partial charge in [0, 0.05) is 42.6 Å². The van der Waals surface area contributed by atoms with Gasteiger partial charge in [0.15, 0.2) is 0 Å². The van der Waals surface area contributed by atoms with Gasteiger partial charge in [-0.25, -0.2) is 21.1 Å². The van der Waals surface area contributed by atoms with Crippen LogP contribution < -0.4 is 10.0 Å². The summed E-state index contributed by atoms with van der Waals surface area (Å²) in [5, 5.41) is 3.10. The SMILES string of the molecule is Cc1cccc(C(=O)Nc2ccc(S(=O)(=O)N(C)CCc3ccccn3)cc2)c1NS(=O)(=O)c1ccc(Cl)cc1. The predicted molar refractivity (Wildman–Crippen MR) is 156 cm³/mol. The second kappa shape index (κ2) is 12.2. The third-order valence-corrected chi connectivity index (χ3v) is 9.60. The van der Waals surface area contributed by atoms with Crippen LogP contribution in [0, 0.1) is 6.92 Å². The molecule has 0 aliphatic carbocycles. The number of carbonyl (C=O) groups is 1. The van der Waals surface area contributed by atoms with Crippen LogP contribution in [0.4, 0.5) is 11.4 Å². The fourth-order valence-electron chi connectivity index (χ4n) is 3.83. The van der Waals surface area contributed by atoms with E-state index in [0.29, 0.717) is 22.7 Å². The quantitative estimate of drug-likeness (QED) is 0.266. The normalized spacial score (nSPS) is 11.8. The smallest absolute Gasteiger partial charge is 0.261 e. The van der Waals surface area contributed by atoms with Gasteiger partial charge >= 0.3 is 0 Å². The maximum Gasteiger partial charge on any atom is 0.261 e. The van der Waals surface area contributed by atoms with Gasteiger partial charge in [0.2, 0.25) is 10.0 Å². The summed E-state index contributed by atoms with van der Waals surface area (Å²) >= 11 is 5.87. The number of rotatable bonds is 10. The molecule has 3 aromatic carbocycles. The van der Waals surface area contributed by atoms with Gasteiger partial charge in [-0.1, -0.05) is 29.8 Å². The fraction of sp³-hybridized carbons (Fsp3) is 0.143. The molecule has 0 radical (unpaired) electrons. The number of likely N-dealkylation sites (N-methyl/N-ethyl adjacent to an activating group) is 1. The molecule has 0 aliphatic rings. The van der Waals surface area contributed by atoms with E-state index < -0.39 is 26.0 Å². The van der Waals surface area contributed by atoms with Gasteiger partial charge in [0.05, 0.1) is 21.0 Å². The highest BCUT2D eigenvalue weighted by molar-refractivity contribution is 7.92. The Bertz CT molecular complexity index is 1710. The first-order chi connectivity index (χ1) is 19.0. The molecule has 0 spiro atoms. The van der Waals surface area contributed by atoms with E-state index in [1.165, 1.54) is 66.0 Å². The summed E-state index contributed by atoms with van der Waals surface area (Å²) < 4.78 is 55.7. The van der Waals surface area contributed by atoms with Gasteiger partial charge in [-0.15, -0.1) is 0 Å². The van der Waals surface area contributed by atoms with Crippen molar-refractivity contribution in [2.75, 3.05) is 23.6 Å². The average Bonchev–Trinajstić information content (AvgIpc) is 2.93. The third-order valence-electron chi connectivity index (χ3n) is 6.11. The highest BCUT2D eigenvalue weighted by Crippen LogP contribution is 2.26. The van der Waals surface area contributed by atoms with Crippen molar-refractivity contribution in [3.8, 4) is 0 Å². The molecule has 9 nitrogen and oxygen atoms in total. The molecule has 0 saturated heterocycles. The number of carbonyl (C=O) groups excluding carboxylic acids is 1. The van der Waals surface area contributed by atoms with Crippen molar-refractivity contribution >= 4 is 48.9 Å². The lowest BCUT2D eigenvalue weighted by Gasteiger charge is -2.17. The molecule has 0 unspecified atom stereocenters. The van der Waals surface area contributed by atoms with Crippen molar-refractivity contribution in [1.82, 2.24) is 9.29 Å². The van der Waals surface area contributed by atoms with E-state index in [-0.39, 0.29) is 27.6 Å². The fourth-order valence-corrected chi connectivity index (χ4v) is 6.28. The zero-order valence-corrected chi connectivity index (χ0v) is 24.1. The van der Waals surface area contributed by atoms with E-state index in [9.17, 15) is 21.6 Å². The molecule has 0 saturated carbocycles. The lowest BCUT2D eigenvalue weighted by molar-refractivity contribution is 0.102. The van der Waals surface area contributed by atoms with Crippen LogP contribution >= 0.6 is 11.6 Å². The van der Waals surface area contributed by atoms with Crippen molar-refractivity contribution in [2.45, 2.75) is 23.1 Å². The van der Waals surface area contributed by atoms with Crippen LogP contribution in [0.2, 0.25) is 5.02 Å². The van der Waals surface area contributed by atoms with Crippen LogP contribution in [-0.4, -0.2) is 45.6 Å². The van der Waals surface area contributed by atoms with E-state index in [1.807, 2.05) is 12.1 Å². The predicted octanol–water partition coefficient (Wildman–Crippen LogP) is 4.96. The molecule has 40 heavy (non-hydrogen) atoms. The summed E-state index contributed by atoms with van der Waals surface area (Å²) in [4.78, 5) is 17.4. The first kappa shape index (κ1) is 29.2. The number of halogens is 1. The monoisotopic (exact) mass is 598 g/mol. The molecule has 0 fully saturated rings. The lowest BCUT2D eigenvalue weighted by atomic mass is 10.1. The Morgan fingerprint density at radius 2 is 1.55 bits per heavy atom. The maximum absolute atomic E-state index is 13.2. The number of aromatic nitrogens is 1. The first-order valence-corrected chi connectivity index (χ1v) is 15.4. The number of sulfonamides is 2. The molecule has 1 amide bonds. The van der Waals surface area contributed by atoms with Crippen LogP contribution in [0.3, 0.4) is 0 Å². The van der Waals surface area contributed by atoms with Crippen LogP contribution in [0.1, 0.15) is 21.6 Å². The summed E-state index contributed by atoms with van der Waals surface area (Å²) in [5.74, 6) is -0.569. The number of hydrogen-bond donors (Lipinski definition) is 2. The zero-order chi connectivity index (χ0) is 28.9. The molecule has 0 atom stereocenters. The molecule has 4 rings (SSSR count). The summed E-state index contributed by atoms with van der Waals surface area (Å²) in [6, 6.07) is 21.7. The van der Waals surface area contributed by atoms with Crippen LogP contribution in [-0.2, 0) is 26.5 Å². The molecule has 208 valence electrons. The summed E-state index contributed by atoms with van der Waals surface area (Å²) in [6.45, 7) is 1.93. The zero-order valence-electron chi connectivity index (χ0n) is 21.7. The minimum Gasteiger partial charge on any atom is -0.322 e. The van der Waals surface area contributed by atoms with Gasteiger partial charge in [-0.05, 0) is 79.2 Å². The van der Waals surface area contributed by atoms with Gasteiger partial charge in [0.25, 0.3) is 15.9 Å². The number of nitrogens with zero attached hydrogens (tertiary/aromatic N) is 2. The Balaban J connectivity index is 1.48. The van der Waals surface area contributed by atoms with E-state index in [1.54, 1.807) is 31.3 Å². The second-order valence-corrected chi connectivity index (χ2v) is 13.1. The van der Waals surface area contributed by atoms with Crippen molar-refractivity contribution in [3.05, 3.63) is 113 Å². The first-order valence-electron chi connectivity index (χ1n) is 12.1. The number of amides is 1. The van der Waals surface area contributed by atoms with E-state index in [0.717, 1.165) is 5.69 Å². The largest absolute Gasteiger partial charge is 0.322 e. The van der Waals surface area contributed by atoms with Crippen molar-refractivity contribution < 1.29 is 21.6 Å². The lowest BCUT2D eigenvalue weighted by Crippen LogP contribution is -2.29. The molecular formula is C28H27ClN4O5S2. The Kier molecular flexibility index (Phi) is 8.89. The number of nitrogens with one attached hydrogen (secondary N) is 2. The number of para-hydroxylation sites is 1. The summed E-state index contributed by atoms with van der Waals surface area (Å²) in [5.41, 5.74) is 1.90. The number of aryl methyl sites for hydroxylation is 1. The van der Waals surface area contributed by atoms with E-state index in [2.05, 4.69) is 15.0 Å². The number of benzene rings is 3. The summed E-state index contributed by atoms with van der Waals surface area (Å²) in [6.07, 6.45) is 2.12.